The molecular weight excluding hydrogens is 652 g/mol. The minimum atomic E-state index is -1.03. The van der Waals surface area contributed by atoms with E-state index >= 15 is 0 Å². The third kappa shape index (κ3) is 13.8. The van der Waals surface area contributed by atoms with Crippen LogP contribution in [0.1, 0.15) is 63.5 Å². The number of likely N-dealkylation sites (tertiary alicyclic amines) is 1. The molecule has 1 aliphatic rings. The summed E-state index contributed by atoms with van der Waals surface area (Å²) < 4.78 is 0. The molecule has 14 nitrogen and oxygen atoms in total. The minimum absolute atomic E-state index is 0.000299. The molecule has 0 aromatic heterocycles. The minimum Gasteiger partial charge on any atom is -0.361 e. The van der Waals surface area contributed by atoms with Crippen molar-refractivity contribution in [3.8, 4) is 0 Å². The molecular formula is C37H54N8O6. The number of hydrogen-bond acceptors (Lipinski definition) is 8. The fraction of sp³-hybridized carbons (Fsp3) is 0.514. The van der Waals surface area contributed by atoms with E-state index < -0.39 is 59.6 Å². The van der Waals surface area contributed by atoms with Crippen LogP contribution in [0.4, 0.5) is 0 Å². The largest absolute Gasteiger partial charge is 0.361 e. The Bertz CT molecular complexity index is 1450. The predicted octanol–water partition coefficient (Wildman–Crippen LogP) is 0.0211. The number of unbranched alkanes of at least 4 members (excludes halogenated alkanes) is 1. The number of piperidine rings is 1. The van der Waals surface area contributed by atoms with E-state index in [9.17, 15) is 28.8 Å². The van der Waals surface area contributed by atoms with Crippen LogP contribution in [0.5, 0.6) is 0 Å². The zero-order valence-electron chi connectivity index (χ0n) is 29.6. The summed E-state index contributed by atoms with van der Waals surface area (Å²) in [6.45, 7) is 4.77. The molecule has 3 rings (SSSR count). The Kier molecular flexibility index (Phi) is 16.5. The first-order valence-corrected chi connectivity index (χ1v) is 17.7. The second-order valence-corrected chi connectivity index (χ2v) is 13.5. The lowest BCUT2D eigenvalue weighted by molar-refractivity contribution is -0.145. The predicted molar refractivity (Wildman–Crippen MR) is 193 cm³/mol. The number of nitrogens with one attached hydrogen (secondary N) is 4. The third-order valence-corrected chi connectivity index (χ3v) is 8.81. The van der Waals surface area contributed by atoms with E-state index in [2.05, 4.69) is 21.3 Å². The molecule has 1 saturated heterocycles. The highest BCUT2D eigenvalue weighted by Gasteiger charge is 2.32. The number of carbonyl (C=O) groups excluding carboxylic acids is 6. The summed E-state index contributed by atoms with van der Waals surface area (Å²) in [7, 11) is 0. The number of carbonyl (C=O) groups is 6. The van der Waals surface area contributed by atoms with Gasteiger partial charge in [0, 0.05) is 25.6 Å². The van der Waals surface area contributed by atoms with Crippen molar-refractivity contribution in [1.82, 2.24) is 26.2 Å². The first kappa shape index (κ1) is 40.6. The van der Waals surface area contributed by atoms with Crippen LogP contribution < -0.4 is 38.5 Å². The van der Waals surface area contributed by atoms with Gasteiger partial charge in [-0.3, -0.25) is 28.8 Å². The molecule has 2 aromatic carbocycles. The van der Waals surface area contributed by atoms with E-state index in [4.69, 9.17) is 17.2 Å². The fourth-order valence-electron chi connectivity index (χ4n) is 5.99. The summed E-state index contributed by atoms with van der Waals surface area (Å²) in [5.74, 6) is -3.76. The van der Waals surface area contributed by atoms with Gasteiger partial charge in [0.2, 0.25) is 23.6 Å². The van der Waals surface area contributed by atoms with Gasteiger partial charge in [0.25, 0.3) is 0 Å². The zero-order valence-corrected chi connectivity index (χ0v) is 29.6. The van der Waals surface area contributed by atoms with Gasteiger partial charge in [0.15, 0.2) is 0 Å². The van der Waals surface area contributed by atoms with Crippen molar-refractivity contribution in [1.29, 1.82) is 0 Å². The average molecular weight is 707 g/mol. The Hall–Kier alpha value is -4.82. The lowest BCUT2D eigenvalue weighted by Gasteiger charge is -2.33. The molecule has 2 aromatic rings. The molecule has 1 heterocycles. The third-order valence-electron chi connectivity index (χ3n) is 8.81. The van der Waals surface area contributed by atoms with Gasteiger partial charge >= 0.3 is 11.8 Å². The molecule has 1 fully saturated rings. The summed E-state index contributed by atoms with van der Waals surface area (Å²) in [4.78, 5) is 79.0. The second-order valence-electron chi connectivity index (χ2n) is 13.5. The van der Waals surface area contributed by atoms with E-state index in [1.165, 1.54) is 4.90 Å². The second kappa shape index (κ2) is 20.8. The normalized spacial score (nSPS) is 15.6. The van der Waals surface area contributed by atoms with Crippen molar-refractivity contribution in [2.24, 2.45) is 23.1 Å². The molecule has 14 heteroatoms. The summed E-state index contributed by atoms with van der Waals surface area (Å²) in [5.41, 5.74) is 18.8. The molecule has 0 bridgehead atoms. The summed E-state index contributed by atoms with van der Waals surface area (Å²) >= 11 is 0. The van der Waals surface area contributed by atoms with Crippen LogP contribution in [0.2, 0.25) is 0 Å². The maximum Gasteiger partial charge on any atom is 0.311 e. The van der Waals surface area contributed by atoms with E-state index in [-0.39, 0.29) is 44.3 Å². The Morgan fingerprint density at radius 2 is 1.25 bits per heavy atom. The van der Waals surface area contributed by atoms with Crippen LogP contribution in [0, 0.1) is 5.92 Å². The van der Waals surface area contributed by atoms with Gasteiger partial charge in [-0.2, -0.15) is 0 Å². The number of benzene rings is 2. The number of nitrogens with two attached hydrogens (primary N) is 3. The standard InChI is InChI=1S/C37H54N8O6/c1-24(2)21-30(35(49)42-29(15-9-10-18-38)34(48)41-27-16-19-45(20-17-27)37(51)32(40)46)44-36(50)31(23-26-13-7-4-8-14-26)43-33(47)28(39)22-25-11-5-3-6-12-25/h3-8,11-14,24,27-31H,9-10,15-23,38-39H2,1-2H3,(H2,40,46)(H,41,48)(H,42,49)(H,43,47)(H,44,50)/t28-,29-,30-,31-/m1/s1. The first-order chi connectivity index (χ1) is 24.4. The van der Waals surface area contributed by atoms with Crippen molar-refractivity contribution in [3.63, 3.8) is 0 Å². The van der Waals surface area contributed by atoms with Crippen molar-refractivity contribution in [3.05, 3.63) is 71.8 Å². The fourth-order valence-corrected chi connectivity index (χ4v) is 5.99. The molecule has 0 spiro atoms. The lowest BCUT2D eigenvalue weighted by Crippen LogP contribution is -2.59. The maximum absolute atomic E-state index is 13.9. The molecule has 4 atom stereocenters. The molecule has 0 radical (unpaired) electrons. The molecule has 0 unspecified atom stereocenters. The molecule has 10 N–H and O–H groups in total. The Morgan fingerprint density at radius 1 is 0.725 bits per heavy atom. The lowest BCUT2D eigenvalue weighted by atomic mass is 9.99. The van der Waals surface area contributed by atoms with Gasteiger partial charge in [0.1, 0.15) is 18.1 Å². The Morgan fingerprint density at radius 3 is 1.80 bits per heavy atom. The van der Waals surface area contributed by atoms with Gasteiger partial charge < -0.3 is 43.4 Å². The molecule has 278 valence electrons. The van der Waals surface area contributed by atoms with Crippen LogP contribution in [0.25, 0.3) is 0 Å². The topological polar surface area (TPSA) is 232 Å². The van der Waals surface area contributed by atoms with Gasteiger partial charge in [-0.15, -0.1) is 0 Å². The van der Waals surface area contributed by atoms with E-state index in [1.54, 1.807) is 0 Å². The van der Waals surface area contributed by atoms with Gasteiger partial charge in [-0.25, -0.2) is 0 Å². The van der Waals surface area contributed by atoms with Gasteiger partial charge in [0.05, 0.1) is 6.04 Å². The van der Waals surface area contributed by atoms with E-state index in [0.717, 1.165) is 11.1 Å². The Labute approximate surface area is 300 Å². The molecule has 51 heavy (non-hydrogen) atoms. The van der Waals surface area contributed by atoms with Crippen molar-refractivity contribution in [2.45, 2.75) is 95.4 Å². The van der Waals surface area contributed by atoms with Crippen LogP contribution in [0.3, 0.4) is 0 Å². The number of amides is 6. The zero-order chi connectivity index (χ0) is 37.3. The van der Waals surface area contributed by atoms with Crippen LogP contribution >= 0.6 is 0 Å². The molecule has 0 aliphatic carbocycles. The number of hydrogen-bond donors (Lipinski definition) is 7. The van der Waals surface area contributed by atoms with Gasteiger partial charge in [-0.1, -0.05) is 74.5 Å². The number of primary amides is 1. The summed E-state index contributed by atoms with van der Waals surface area (Å²) in [6, 6.07) is 14.4. The average Bonchev–Trinajstić information content (AvgIpc) is 3.11. The smallest absolute Gasteiger partial charge is 0.311 e. The van der Waals surface area contributed by atoms with Crippen molar-refractivity contribution >= 4 is 35.4 Å². The SMILES string of the molecule is CC(C)C[C@@H](NC(=O)[C@@H](Cc1ccccc1)NC(=O)[C@H](N)Cc1ccccc1)C(=O)N[C@H](CCCCN)C(=O)NC1CCN(C(=O)C(N)=O)CC1. The summed E-state index contributed by atoms with van der Waals surface area (Å²) in [5, 5.41) is 11.5. The van der Waals surface area contributed by atoms with Gasteiger partial charge in [-0.05, 0) is 68.5 Å². The van der Waals surface area contributed by atoms with Crippen LogP contribution in [0.15, 0.2) is 60.7 Å². The van der Waals surface area contributed by atoms with Crippen molar-refractivity contribution in [2.75, 3.05) is 19.6 Å². The molecule has 0 saturated carbocycles. The Balaban J connectivity index is 1.72. The molecule has 6 amide bonds. The quantitative estimate of drug-likeness (QED) is 0.0823. The van der Waals surface area contributed by atoms with E-state index in [0.29, 0.717) is 38.6 Å². The highest BCUT2D eigenvalue weighted by molar-refractivity contribution is 6.34. The number of nitrogens with zero attached hydrogens (tertiary/aromatic N) is 1. The van der Waals surface area contributed by atoms with Crippen molar-refractivity contribution < 1.29 is 28.8 Å². The monoisotopic (exact) mass is 706 g/mol. The maximum atomic E-state index is 13.9. The summed E-state index contributed by atoms with van der Waals surface area (Å²) in [6.07, 6.45) is 3.11. The van der Waals surface area contributed by atoms with Crippen LogP contribution in [-0.4, -0.2) is 90.2 Å². The first-order valence-electron chi connectivity index (χ1n) is 17.7. The van der Waals surface area contributed by atoms with Crippen LogP contribution in [-0.2, 0) is 41.6 Å². The molecule has 1 aliphatic heterocycles. The highest BCUT2D eigenvalue weighted by Crippen LogP contribution is 2.13. The number of rotatable bonds is 18. The highest BCUT2D eigenvalue weighted by atomic mass is 16.2. The van der Waals surface area contributed by atoms with E-state index in [1.807, 2.05) is 74.5 Å².